The van der Waals surface area contributed by atoms with Crippen LogP contribution in [0.1, 0.15) is 16.1 Å². The summed E-state index contributed by atoms with van der Waals surface area (Å²) in [6.45, 7) is 1.65. The van der Waals surface area contributed by atoms with Crippen LogP contribution in [-0.2, 0) is 0 Å². The van der Waals surface area contributed by atoms with Gasteiger partial charge in [0.25, 0.3) is 5.91 Å². The summed E-state index contributed by atoms with van der Waals surface area (Å²) in [4.78, 5) is 16.2. The standard InChI is InChI=1S/C14H13N3O2/c18-14(12-5-2-8-19-12)17-11-4-1-3-10(9-11)13-15-6-7-16-13/h1-5,8-9H,6-7H2,(H,15,16)(H,17,18). The van der Waals surface area contributed by atoms with Crippen LogP contribution in [0.2, 0.25) is 0 Å². The molecule has 1 aromatic heterocycles. The fourth-order valence-electron chi connectivity index (χ4n) is 1.94. The second-order valence-electron chi connectivity index (χ2n) is 4.17. The molecular weight excluding hydrogens is 242 g/mol. The highest BCUT2D eigenvalue weighted by molar-refractivity contribution is 6.04. The first-order valence-electron chi connectivity index (χ1n) is 6.06. The van der Waals surface area contributed by atoms with Gasteiger partial charge in [0.1, 0.15) is 5.84 Å². The largest absolute Gasteiger partial charge is 0.459 e. The van der Waals surface area contributed by atoms with E-state index < -0.39 is 0 Å². The molecule has 0 atom stereocenters. The highest BCUT2D eigenvalue weighted by atomic mass is 16.3. The van der Waals surface area contributed by atoms with Crippen molar-refractivity contribution in [1.82, 2.24) is 5.32 Å². The topological polar surface area (TPSA) is 66.6 Å². The quantitative estimate of drug-likeness (QED) is 0.880. The van der Waals surface area contributed by atoms with Crippen molar-refractivity contribution >= 4 is 17.4 Å². The molecule has 2 heterocycles. The molecule has 1 aromatic carbocycles. The smallest absolute Gasteiger partial charge is 0.291 e. The maximum Gasteiger partial charge on any atom is 0.291 e. The van der Waals surface area contributed by atoms with Crippen molar-refractivity contribution in [3.63, 3.8) is 0 Å². The van der Waals surface area contributed by atoms with Gasteiger partial charge >= 0.3 is 0 Å². The molecule has 96 valence electrons. The van der Waals surface area contributed by atoms with Crippen LogP contribution in [-0.4, -0.2) is 24.8 Å². The minimum absolute atomic E-state index is 0.261. The number of carbonyl (C=O) groups is 1. The molecule has 2 N–H and O–H groups in total. The first-order chi connectivity index (χ1) is 9.33. The SMILES string of the molecule is O=C(Nc1cccc(C2=NCCN2)c1)c1ccco1. The number of nitrogens with one attached hydrogen (secondary N) is 2. The third-order valence-electron chi connectivity index (χ3n) is 2.81. The first kappa shape index (κ1) is 11.5. The molecule has 19 heavy (non-hydrogen) atoms. The fraction of sp³-hybridized carbons (Fsp3) is 0.143. The van der Waals surface area contributed by atoms with E-state index in [-0.39, 0.29) is 5.91 Å². The van der Waals surface area contributed by atoms with Crippen LogP contribution in [0.25, 0.3) is 0 Å². The number of hydrogen-bond donors (Lipinski definition) is 2. The van der Waals surface area contributed by atoms with Gasteiger partial charge in [-0.3, -0.25) is 9.79 Å². The molecule has 1 aliphatic rings. The highest BCUT2D eigenvalue weighted by Crippen LogP contribution is 2.13. The minimum atomic E-state index is -0.261. The van der Waals surface area contributed by atoms with E-state index >= 15 is 0 Å². The van der Waals surface area contributed by atoms with Gasteiger partial charge in [-0.25, -0.2) is 0 Å². The summed E-state index contributed by atoms with van der Waals surface area (Å²) in [6.07, 6.45) is 1.47. The monoisotopic (exact) mass is 255 g/mol. The van der Waals surface area contributed by atoms with E-state index in [1.807, 2.05) is 24.3 Å². The summed E-state index contributed by atoms with van der Waals surface area (Å²) < 4.78 is 5.05. The number of anilines is 1. The van der Waals surface area contributed by atoms with Crippen LogP contribution in [0.15, 0.2) is 52.1 Å². The lowest BCUT2D eigenvalue weighted by molar-refractivity contribution is 0.0996. The Hall–Kier alpha value is -2.56. The Morgan fingerprint density at radius 3 is 3.00 bits per heavy atom. The molecule has 3 rings (SSSR count). The molecule has 5 nitrogen and oxygen atoms in total. The van der Waals surface area contributed by atoms with Crippen molar-refractivity contribution in [1.29, 1.82) is 0 Å². The molecule has 0 saturated heterocycles. The van der Waals surface area contributed by atoms with Gasteiger partial charge < -0.3 is 15.1 Å². The molecule has 0 spiro atoms. The van der Waals surface area contributed by atoms with Gasteiger partial charge in [-0.05, 0) is 24.3 Å². The number of nitrogens with zero attached hydrogens (tertiary/aromatic N) is 1. The number of carbonyl (C=O) groups excluding carboxylic acids is 1. The van der Waals surface area contributed by atoms with Gasteiger partial charge in [0.15, 0.2) is 5.76 Å². The number of benzene rings is 1. The molecule has 0 radical (unpaired) electrons. The Balaban J connectivity index is 1.78. The Bertz CT molecular complexity index is 617. The summed E-state index contributed by atoms with van der Waals surface area (Å²) in [5.41, 5.74) is 1.69. The van der Waals surface area contributed by atoms with Gasteiger partial charge in [0, 0.05) is 17.8 Å². The predicted molar refractivity (Wildman–Crippen MR) is 72.5 cm³/mol. The van der Waals surface area contributed by atoms with Gasteiger partial charge in [-0.1, -0.05) is 12.1 Å². The molecule has 0 aliphatic carbocycles. The average Bonchev–Trinajstić information content (AvgIpc) is 3.13. The Labute approximate surface area is 110 Å². The number of aliphatic imine (C=N–C) groups is 1. The highest BCUT2D eigenvalue weighted by Gasteiger charge is 2.11. The van der Waals surface area contributed by atoms with Crippen LogP contribution in [0.3, 0.4) is 0 Å². The van der Waals surface area contributed by atoms with Gasteiger partial charge in [-0.15, -0.1) is 0 Å². The Morgan fingerprint density at radius 2 is 2.26 bits per heavy atom. The van der Waals surface area contributed by atoms with Crippen LogP contribution >= 0.6 is 0 Å². The van der Waals surface area contributed by atoms with Crippen LogP contribution in [0.5, 0.6) is 0 Å². The summed E-state index contributed by atoms with van der Waals surface area (Å²) in [7, 11) is 0. The lowest BCUT2D eigenvalue weighted by atomic mass is 10.2. The van der Waals surface area contributed by atoms with Crippen molar-refractivity contribution < 1.29 is 9.21 Å². The third kappa shape index (κ3) is 2.49. The lowest BCUT2D eigenvalue weighted by Gasteiger charge is -2.06. The van der Waals surface area contributed by atoms with Crippen LogP contribution in [0, 0.1) is 0 Å². The number of amides is 1. The summed E-state index contributed by atoms with van der Waals surface area (Å²) in [6, 6.07) is 10.9. The van der Waals surface area contributed by atoms with Gasteiger partial charge in [-0.2, -0.15) is 0 Å². The zero-order valence-electron chi connectivity index (χ0n) is 10.2. The molecule has 0 fully saturated rings. The Morgan fingerprint density at radius 1 is 1.32 bits per heavy atom. The molecule has 5 heteroatoms. The van der Waals surface area contributed by atoms with Crippen molar-refractivity contribution in [2.75, 3.05) is 18.4 Å². The molecule has 1 amide bonds. The normalized spacial score (nSPS) is 13.8. The van der Waals surface area contributed by atoms with E-state index in [4.69, 9.17) is 4.42 Å². The van der Waals surface area contributed by atoms with Gasteiger partial charge in [0.2, 0.25) is 0 Å². The zero-order chi connectivity index (χ0) is 13.1. The number of amidine groups is 1. The summed E-state index contributed by atoms with van der Waals surface area (Å²) >= 11 is 0. The van der Waals surface area contributed by atoms with Crippen molar-refractivity contribution in [2.45, 2.75) is 0 Å². The number of hydrogen-bond acceptors (Lipinski definition) is 4. The van der Waals surface area contributed by atoms with Crippen molar-refractivity contribution in [3.8, 4) is 0 Å². The molecule has 0 saturated carbocycles. The van der Waals surface area contributed by atoms with E-state index in [1.54, 1.807) is 12.1 Å². The fourth-order valence-corrected chi connectivity index (χ4v) is 1.94. The van der Waals surface area contributed by atoms with Crippen LogP contribution in [0.4, 0.5) is 5.69 Å². The van der Waals surface area contributed by atoms with E-state index in [9.17, 15) is 4.79 Å². The summed E-state index contributed by atoms with van der Waals surface area (Å²) in [5, 5.41) is 5.99. The third-order valence-corrected chi connectivity index (χ3v) is 2.81. The van der Waals surface area contributed by atoms with Crippen molar-refractivity contribution in [3.05, 3.63) is 54.0 Å². The minimum Gasteiger partial charge on any atom is -0.459 e. The molecule has 0 unspecified atom stereocenters. The number of rotatable bonds is 3. The molecule has 0 bridgehead atoms. The molecule has 2 aromatic rings. The van der Waals surface area contributed by atoms with Crippen LogP contribution < -0.4 is 10.6 Å². The summed E-state index contributed by atoms with van der Waals surface area (Å²) in [5.74, 6) is 0.902. The predicted octanol–water partition coefficient (Wildman–Crippen LogP) is 1.88. The van der Waals surface area contributed by atoms with E-state index in [0.717, 1.165) is 30.2 Å². The van der Waals surface area contributed by atoms with E-state index in [0.29, 0.717) is 5.76 Å². The zero-order valence-corrected chi connectivity index (χ0v) is 10.2. The first-order valence-corrected chi connectivity index (χ1v) is 6.06. The van der Waals surface area contributed by atoms with E-state index in [1.165, 1.54) is 6.26 Å². The van der Waals surface area contributed by atoms with Gasteiger partial charge in [0.05, 0.1) is 12.8 Å². The lowest BCUT2D eigenvalue weighted by Crippen LogP contribution is -2.19. The maximum absolute atomic E-state index is 11.9. The second-order valence-corrected chi connectivity index (χ2v) is 4.17. The maximum atomic E-state index is 11.9. The second kappa shape index (κ2) is 4.97. The Kier molecular flexibility index (Phi) is 3.02. The molecule has 1 aliphatic heterocycles. The molecular formula is C14H13N3O2. The average molecular weight is 255 g/mol. The van der Waals surface area contributed by atoms with E-state index in [2.05, 4.69) is 15.6 Å². The number of furan rings is 1. The van der Waals surface area contributed by atoms with Crippen molar-refractivity contribution in [2.24, 2.45) is 4.99 Å².